The number of hydrogen-bond acceptors (Lipinski definition) is 6. The van der Waals surface area contributed by atoms with E-state index in [-0.39, 0.29) is 12.0 Å². The minimum Gasteiger partial charge on any atom is -0.491 e. The summed E-state index contributed by atoms with van der Waals surface area (Å²) in [4.78, 5) is 20.9. The number of anilines is 2. The van der Waals surface area contributed by atoms with Crippen molar-refractivity contribution in [3.63, 3.8) is 0 Å². The van der Waals surface area contributed by atoms with Crippen LogP contribution < -0.4 is 15.4 Å². The van der Waals surface area contributed by atoms with Gasteiger partial charge in [0.15, 0.2) is 0 Å². The smallest absolute Gasteiger partial charge is 0.274 e. The van der Waals surface area contributed by atoms with Gasteiger partial charge >= 0.3 is 0 Å². The first kappa shape index (κ1) is 18.7. The molecule has 0 radical (unpaired) electrons. The number of rotatable bonds is 8. The van der Waals surface area contributed by atoms with Crippen molar-refractivity contribution in [2.75, 3.05) is 30.9 Å². The number of nitrogens with one attached hydrogen (secondary N) is 2. The second-order valence-corrected chi connectivity index (χ2v) is 5.78. The van der Waals surface area contributed by atoms with Crippen LogP contribution in [0.1, 0.15) is 30.0 Å². The van der Waals surface area contributed by atoms with Crippen LogP contribution in [0.3, 0.4) is 0 Å². The highest BCUT2D eigenvalue weighted by Crippen LogP contribution is 2.17. The van der Waals surface area contributed by atoms with E-state index in [0.717, 1.165) is 5.75 Å². The average molecular weight is 344 g/mol. The first-order valence-corrected chi connectivity index (χ1v) is 8.14. The predicted octanol–water partition coefficient (Wildman–Crippen LogP) is 2.88. The predicted molar refractivity (Wildman–Crippen MR) is 97.3 cm³/mol. The SMILES string of the molecule is COCCNc1nc(C)cc(C(=O)Nc2ccc(OC(C)C)cc2)n1. The first-order valence-electron chi connectivity index (χ1n) is 8.14. The Morgan fingerprint density at radius 1 is 1.20 bits per heavy atom. The van der Waals surface area contributed by atoms with Crippen molar-refractivity contribution in [1.29, 1.82) is 0 Å². The highest BCUT2D eigenvalue weighted by atomic mass is 16.5. The Kier molecular flexibility index (Phi) is 6.71. The molecule has 7 nitrogen and oxygen atoms in total. The number of benzene rings is 1. The fourth-order valence-electron chi connectivity index (χ4n) is 2.11. The second kappa shape index (κ2) is 8.98. The lowest BCUT2D eigenvalue weighted by atomic mass is 10.2. The zero-order chi connectivity index (χ0) is 18.2. The van der Waals surface area contributed by atoms with Crippen molar-refractivity contribution in [1.82, 2.24) is 9.97 Å². The standard InChI is InChI=1S/C18H24N4O3/c1-12(2)25-15-7-5-14(6-8-15)21-17(23)16-11-13(3)20-18(22-16)19-9-10-24-4/h5-8,11-12H,9-10H2,1-4H3,(H,21,23)(H,19,20,22). The van der Waals surface area contributed by atoms with Crippen LogP contribution in [0, 0.1) is 6.92 Å². The van der Waals surface area contributed by atoms with Crippen molar-refractivity contribution in [3.8, 4) is 5.75 Å². The molecule has 2 rings (SSSR count). The maximum Gasteiger partial charge on any atom is 0.274 e. The highest BCUT2D eigenvalue weighted by molar-refractivity contribution is 6.03. The molecule has 0 saturated heterocycles. The van der Waals surface area contributed by atoms with Crippen molar-refractivity contribution in [2.45, 2.75) is 26.9 Å². The van der Waals surface area contributed by atoms with Crippen LogP contribution in [0.5, 0.6) is 5.75 Å². The summed E-state index contributed by atoms with van der Waals surface area (Å²) in [5.74, 6) is 0.871. The van der Waals surface area contributed by atoms with Crippen LogP contribution in [0.4, 0.5) is 11.6 Å². The molecular formula is C18H24N4O3. The molecular weight excluding hydrogens is 320 g/mol. The summed E-state index contributed by atoms with van der Waals surface area (Å²) in [5, 5.41) is 5.85. The minimum absolute atomic E-state index is 0.105. The fraction of sp³-hybridized carbons (Fsp3) is 0.389. The van der Waals surface area contributed by atoms with Gasteiger partial charge in [0, 0.05) is 25.0 Å². The van der Waals surface area contributed by atoms with E-state index in [1.807, 2.05) is 32.9 Å². The Morgan fingerprint density at radius 2 is 1.92 bits per heavy atom. The van der Waals surface area contributed by atoms with Gasteiger partial charge in [0.25, 0.3) is 5.91 Å². The summed E-state index contributed by atoms with van der Waals surface area (Å²) in [7, 11) is 1.62. The number of aromatic nitrogens is 2. The third kappa shape index (κ3) is 6.04. The molecule has 0 saturated carbocycles. The van der Waals surface area contributed by atoms with Crippen molar-refractivity contribution >= 4 is 17.5 Å². The minimum atomic E-state index is -0.294. The van der Waals surface area contributed by atoms with E-state index in [9.17, 15) is 4.79 Å². The molecule has 1 heterocycles. The largest absolute Gasteiger partial charge is 0.491 e. The Balaban J connectivity index is 2.04. The number of nitrogens with zero attached hydrogens (tertiary/aromatic N) is 2. The van der Waals surface area contributed by atoms with Crippen LogP contribution in [-0.2, 0) is 4.74 Å². The first-order chi connectivity index (χ1) is 12.0. The number of ether oxygens (including phenoxy) is 2. The van der Waals surface area contributed by atoms with Gasteiger partial charge in [-0.15, -0.1) is 0 Å². The van der Waals surface area contributed by atoms with E-state index < -0.39 is 0 Å². The van der Waals surface area contributed by atoms with Gasteiger partial charge in [-0.3, -0.25) is 4.79 Å². The lowest BCUT2D eigenvalue weighted by molar-refractivity contribution is 0.102. The van der Waals surface area contributed by atoms with Crippen LogP contribution in [0.15, 0.2) is 30.3 Å². The van der Waals surface area contributed by atoms with Crippen molar-refractivity contribution < 1.29 is 14.3 Å². The van der Waals surface area contributed by atoms with E-state index in [0.29, 0.717) is 36.2 Å². The normalized spacial score (nSPS) is 10.6. The number of amides is 1. The molecule has 0 aliphatic rings. The van der Waals surface area contributed by atoms with Gasteiger partial charge in [0.05, 0.1) is 12.7 Å². The molecule has 0 bridgehead atoms. The van der Waals surface area contributed by atoms with E-state index in [1.54, 1.807) is 25.3 Å². The molecule has 0 aliphatic carbocycles. The van der Waals surface area contributed by atoms with Gasteiger partial charge in [-0.2, -0.15) is 0 Å². The van der Waals surface area contributed by atoms with Crippen LogP contribution in [0.25, 0.3) is 0 Å². The molecule has 2 N–H and O–H groups in total. The molecule has 1 amide bonds. The van der Waals surface area contributed by atoms with E-state index >= 15 is 0 Å². The molecule has 2 aromatic rings. The summed E-state index contributed by atoms with van der Waals surface area (Å²) in [6.45, 7) is 6.84. The molecule has 0 fully saturated rings. The third-order valence-corrected chi connectivity index (χ3v) is 3.16. The average Bonchev–Trinajstić information content (AvgIpc) is 2.56. The number of hydrogen-bond donors (Lipinski definition) is 2. The maximum absolute atomic E-state index is 12.4. The molecule has 0 atom stereocenters. The third-order valence-electron chi connectivity index (χ3n) is 3.16. The lowest BCUT2D eigenvalue weighted by Gasteiger charge is -2.11. The molecule has 7 heteroatoms. The van der Waals surface area contributed by atoms with E-state index in [4.69, 9.17) is 9.47 Å². The van der Waals surface area contributed by atoms with E-state index in [2.05, 4.69) is 20.6 Å². The van der Waals surface area contributed by atoms with Gasteiger partial charge in [-0.25, -0.2) is 9.97 Å². The summed E-state index contributed by atoms with van der Waals surface area (Å²) in [5.41, 5.74) is 1.68. The maximum atomic E-state index is 12.4. The molecule has 0 spiro atoms. The van der Waals surface area contributed by atoms with Crippen LogP contribution >= 0.6 is 0 Å². The molecule has 134 valence electrons. The molecule has 1 aromatic carbocycles. The van der Waals surface area contributed by atoms with Crippen molar-refractivity contribution in [3.05, 3.63) is 41.7 Å². The zero-order valence-corrected chi connectivity index (χ0v) is 15.0. The Morgan fingerprint density at radius 3 is 2.56 bits per heavy atom. The summed E-state index contributed by atoms with van der Waals surface area (Å²) in [6, 6.07) is 8.87. The Bertz CT molecular complexity index is 702. The second-order valence-electron chi connectivity index (χ2n) is 5.78. The number of aryl methyl sites for hydroxylation is 1. The van der Waals surface area contributed by atoms with Crippen molar-refractivity contribution in [2.24, 2.45) is 0 Å². The zero-order valence-electron chi connectivity index (χ0n) is 15.0. The van der Waals surface area contributed by atoms with Gasteiger partial charge in [0.2, 0.25) is 5.95 Å². The van der Waals surface area contributed by atoms with E-state index in [1.165, 1.54) is 0 Å². The van der Waals surface area contributed by atoms with Crippen LogP contribution in [0.2, 0.25) is 0 Å². The molecule has 1 aromatic heterocycles. The summed E-state index contributed by atoms with van der Waals surface area (Å²) in [6.07, 6.45) is 0.105. The highest BCUT2D eigenvalue weighted by Gasteiger charge is 2.11. The number of methoxy groups -OCH3 is 1. The molecule has 25 heavy (non-hydrogen) atoms. The topological polar surface area (TPSA) is 85.4 Å². The van der Waals surface area contributed by atoms with Gasteiger partial charge in [0.1, 0.15) is 11.4 Å². The van der Waals surface area contributed by atoms with Crippen LogP contribution in [-0.4, -0.2) is 42.2 Å². The lowest BCUT2D eigenvalue weighted by Crippen LogP contribution is -2.17. The number of carbonyl (C=O) groups is 1. The van der Waals surface area contributed by atoms with Gasteiger partial charge < -0.3 is 20.1 Å². The summed E-state index contributed by atoms with van der Waals surface area (Å²) < 4.78 is 10.6. The quantitative estimate of drug-likeness (QED) is 0.716. The monoisotopic (exact) mass is 344 g/mol. The fourth-order valence-corrected chi connectivity index (χ4v) is 2.11. The molecule has 0 aliphatic heterocycles. The Labute approximate surface area is 147 Å². The Hall–Kier alpha value is -2.67. The molecule has 0 unspecified atom stereocenters. The van der Waals surface area contributed by atoms with Gasteiger partial charge in [-0.05, 0) is 51.1 Å². The summed E-state index contributed by atoms with van der Waals surface area (Å²) >= 11 is 0. The number of carbonyl (C=O) groups excluding carboxylic acids is 1. The van der Waals surface area contributed by atoms with Gasteiger partial charge in [-0.1, -0.05) is 0 Å².